The molecule has 4 heteroatoms. The maximum absolute atomic E-state index is 11.1. The first kappa shape index (κ1) is 10.7. The number of likely N-dealkylation sites (tertiary alicyclic amines) is 1. The number of carbonyl (C=O) groups is 1. The van der Waals surface area contributed by atoms with Crippen molar-refractivity contribution in [1.29, 1.82) is 0 Å². The largest absolute Gasteiger partial charge is 0.465 e. The lowest BCUT2D eigenvalue weighted by Crippen LogP contribution is -2.50. The van der Waals surface area contributed by atoms with E-state index < -0.39 is 6.09 Å². The molecule has 1 amide bonds. The van der Waals surface area contributed by atoms with Gasteiger partial charge in [-0.3, -0.25) is 0 Å². The summed E-state index contributed by atoms with van der Waals surface area (Å²) in [6.45, 7) is 4.73. The van der Waals surface area contributed by atoms with E-state index in [9.17, 15) is 9.90 Å². The fourth-order valence-corrected chi connectivity index (χ4v) is 3.42. The van der Waals surface area contributed by atoms with Crippen LogP contribution in [-0.4, -0.2) is 39.4 Å². The Hall–Kier alpha value is -0.770. The Kier molecular flexibility index (Phi) is 2.41. The van der Waals surface area contributed by atoms with Crippen molar-refractivity contribution in [2.45, 2.75) is 44.8 Å². The minimum atomic E-state index is -0.829. The smallest absolute Gasteiger partial charge is 0.407 e. The Bertz CT molecular complexity index is 275. The van der Waals surface area contributed by atoms with Gasteiger partial charge in [0.05, 0.1) is 6.10 Å². The van der Waals surface area contributed by atoms with Crippen LogP contribution in [0.4, 0.5) is 4.79 Å². The highest BCUT2D eigenvalue weighted by atomic mass is 16.4. The summed E-state index contributed by atoms with van der Waals surface area (Å²) in [5.41, 5.74) is -0.274. The third-order valence-electron chi connectivity index (χ3n) is 3.78. The van der Waals surface area contributed by atoms with E-state index in [1.807, 2.05) is 0 Å². The third kappa shape index (κ3) is 1.61. The Balaban J connectivity index is 2.20. The average molecular weight is 213 g/mol. The molecule has 0 radical (unpaired) electrons. The first-order valence-electron chi connectivity index (χ1n) is 5.63. The molecule has 2 aliphatic rings. The molecule has 15 heavy (non-hydrogen) atoms. The van der Waals surface area contributed by atoms with E-state index in [1.165, 1.54) is 0 Å². The van der Waals surface area contributed by atoms with Gasteiger partial charge in [0.2, 0.25) is 0 Å². The molecule has 1 aliphatic heterocycles. The van der Waals surface area contributed by atoms with Crippen LogP contribution in [-0.2, 0) is 0 Å². The number of rotatable bonds is 2. The van der Waals surface area contributed by atoms with Gasteiger partial charge in [-0.05, 0) is 25.2 Å². The monoisotopic (exact) mass is 213 g/mol. The molecule has 3 unspecified atom stereocenters. The van der Waals surface area contributed by atoms with Crippen LogP contribution in [0.5, 0.6) is 0 Å². The molecule has 4 nitrogen and oxygen atoms in total. The second kappa shape index (κ2) is 3.37. The van der Waals surface area contributed by atoms with Crippen molar-refractivity contribution >= 4 is 6.09 Å². The van der Waals surface area contributed by atoms with E-state index in [1.54, 1.807) is 4.90 Å². The van der Waals surface area contributed by atoms with Crippen molar-refractivity contribution in [1.82, 2.24) is 4.90 Å². The number of amides is 1. The Morgan fingerprint density at radius 2 is 2.20 bits per heavy atom. The molecule has 1 saturated heterocycles. The van der Waals surface area contributed by atoms with Crippen LogP contribution in [0.2, 0.25) is 0 Å². The molecule has 1 saturated carbocycles. The van der Waals surface area contributed by atoms with Gasteiger partial charge in [0, 0.05) is 18.0 Å². The zero-order valence-corrected chi connectivity index (χ0v) is 9.31. The number of aliphatic hydroxyl groups excluding tert-OH is 1. The molecule has 0 aromatic heterocycles. The summed E-state index contributed by atoms with van der Waals surface area (Å²) in [4.78, 5) is 12.7. The first-order valence-corrected chi connectivity index (χ1v) is 5.63. The second-order valence-corrected chi connectivity index (χ2v) is 5.45. The number of carboxylic acid groups (broad SMARTS) is 1. The number of fused-ring (bicyclic) bond motifs is 2. The van der Waals surface area contributed by atoms with Gasteiger partial charge in [-0.1, -0.05) is 13.8 Å². The van der Waals surface area contributed by atoms with Gasteiger partial charge in [-0.2, -0.15) is 0 Å². The molecule has 2 bridgehead atoms. The molecule has 3 atom stereocenters. The summed E-state index contributed by atoms with van der Waals surface area (Å²) in [6, 6.07) is 0. The van der Waals surface area contributed by atoms with Crippen molar-refractivity contribution in [3.05, 3.63) is 0 Å². The van der Waals surface area contributed by atoms with Gasteiger partial charge in [-0.15, -0.1) is 0 Å². The SMILES string of the molecule is CC(C)CC12CC(O)C(CN1C(=O)O)C2. The Morgan fingerprint density at radius 3 is 2.67 bits per heavy atom. The summed E-state index contributed by atoms with van der Waals surface area (Å²) in [6.07, 6.45) is 1.22. The number of nitrogens with zero attached hydrogens (tertiary/aromatic N) is 1. The van der Waals surface area contributed by atoms with E-state index in [0.717, 1.165) is 12.8 Å². The maximum atomic E-state index is 11.1. The third-order valence-corrected chi connectivity index (χ3v) is 3.78. The highest BCUT2D eigenvalue weighted by molar-refractivity contribution is 5.67. The van der Waals surface area contributed by atoms with Crippen molar-refractivity contribution in [2.75, 3.05) is 6.54 Å². The standard InChI is InChI=1S/C11H19NO3/c1-7(2)3-11-4-8(9(13)5-11)6-12(11)10(14)15/h7-9,13H,3-6H2,1-2H3,(H,14,15). The van der Waals surface area contributed by atoms with Crippen molar-refractivity contribution in [3.8, 4) is 0 Å². The second-order valence-electron chi connectivity index (χ2n) is 5.45. The van der Waals surface area contributed by atoms with Gasteiger partial charge in [0.25, 0.3) is 0 Å². The minimum absolute atomic E-state index is 0.167. The van der Waals surface area contributed by atoms with Crippen LogP contribution in [0.3, 0.4) is 0 Å². The van der Waals surface area contributed by atoms with Gasteiger partial charge in [-0.25, -0.2) is 4.79 Å². The van der Waals surface area contributed by atoms with Gasteiger partial charge >= 0.3 is 6.09 Å². The highest BCUT2D eigenvalue weighted by Crippen LogP contribution is 2.49. The molecular formula is C11H19NO3. The topological polar surface area (TPSA) is 60.8 Å². The number of piperidine rings is 1. The van der Waals surface area contributed by atoms with Crippen LogP contribution in [0.1, 0.15) is 33.1 Å². The van der Waals surface area contributed by atoms with Gasteiger partial charge < -0.3 is 15.1 Å². The predicted molar refractivity (Wildman–Crippen MR) is 55.6 cm³/mol. The summed E-state index contributed by atoms with van der Waals surface area (Å²) in [5.74, 6) is 0.635. The molecule has 1 heterocycles. The van der Waals surface area contributed by atoms with E-state index in [4.69, 9.17) is 5.11 Å². The van der Waals surface area contributed by atoms with Crippen molar-refractivity contribution in [3.63, 3.8) is 0 Å². The molecule has 2 rings (SSSR count). The zero-order valence-electron chi connectivity index (χ0n) is 9.31. The highest BCUT2D eigenvalue weighted by Gasteiger charge is 2.56. The minimum Gasteiger partial charge on any atom is -0.465 e. The molecular weight excluding hydrogens is 194 g/mol. The average Bonchev–Trinajstić information content (AvgIpc) is 2.55. The normalized spacial score (nSPS) is 39.1. The Morgan fingerprint density at radius 1 is 1.53 bits per heavy atom. The summed E-state index contributed by atoms with van der Waals surface area (Å²) < 4.78 is 0. The lowest BCUT2D eigenvalue weighted by Gasteiger charge is -2.39. The fourth-order valence-electron chi connectivity index (χ4n) is 3.42. The number of hydrogen-bond donors (Lipinski definition) is 2. The van der Waals surface area contributed by atoms with Crippen LogP contribution in [0.15, 0.2) is 0 Å². The summed E-state index contributed by atoms with van der Waals surface area (Å²) in [7, 11) is 0. The van der Waals surface area contributed by atoms with E-state index in [2.05, 4.69) is 13.8 Å². The summed E-state index contributed by atoms with van der Waals surface area (Å²) >= 11 is 0. The molecule has 2 N–H and O–H groups in total. The maximum Gasteiger partial charge on any atom is 0.407 e. The summed E-state index contributed by atoms with van der Waals surface area (Å²) in [5, 5.41) is 18.9. The molecule has 0 spiro atoms. The van der Waals surface area contributed by atoms with Crippen molar-refractivity contribution in [2.24, 2.45) is 11.8 Å². The van der Waals surface area contributed by atoms with E-state index in [-0.39, 0.29) is 17.6 Å². The predicted octanol–water partition coefficient (Wildman–Crippen LogP) is 1.54. The number of hydrogen-bond acceptors (Lipinski definition) is 2. The quantitative estimate of drug-likeness (QED) is 0.731. The molecule has 0 aromatic carbocycles. The van der Waals surface area contributed by atoms with Crippen molar-refractivity contribution < 1.29 is 15.0 Å². The molecule has 86 valence electrons. The van der Waals surface area contributed by atoms with Crippen LogP contribution in [0.25, 0.3) is 0 Å². The lowest BCUT2D eigenvalue weighted by atomic mass is 9.87. The van der Waals surface area contributed by atoms with E-state index >= 15 is 0 Å². The molecule has 2 fully saturated rings. The van der Waals surface area contributed by atoms with Crippen LogP contribution in [0, 0.1) is 11.8 Å². The number of aliphatic hydroxyl groups is 1. The first-order chi connectivity index (χ1) is 6.94. The zero-order chi connectivity index (χ0) is 11.2. The van der Waals surface area contributed by atoms with E-state index in [0.29, 0.717) is 18.9 Å². The molecule has 0 aromatic rings. The van der Waals surface area contributed by atoms with Gasteiger partial charge in [0.1, 0.15) is 0 Å². The lowest BCUT2D eigenvalue weighted by molar-refractivity contribution is 0.0293. The molecule has 1 aliphatic carbocycles. The van der Waals surface area contributed by atoms with Crippen LogP contribution < -0.4 is 0 Å². The van der Waals surface area contributed by atoms with Crippen LogP contribution >= 0.6 is 0 Å². The van der Waals surface area contributed by atoms with Gasteiger partial charge in [0.15, 0.2) is 0 Å². The fraction of sp³-hybridized carbons (Fsp3) is 0.909. The Labute approximate surface area is 89.9 Å².